The molecule has 3 N–H and O–H groups in total. The van der Waals surface area contributed by atoms with E-state index in [1.54, 1.807) is 0 Å². The first-order chi connectivity index (χ1) is 8.58. The Balaban J connectivity index is 2.08. The Morgan fingerprint density at radius 1 is 1.39 bits per heavy atom. The molecule has 1 aliphatic rings. The van der Waals surface area contributed by atoms with Crippen molar-refractivity contribution in [1.82, 2.24) is 5.32 Å². The van der Waals surface area contributed by atoms with E-state index in [4.69, 9.17) is 33.7 Å². The van der Waals surface area contributed by atoms with Gasteiger partial charge in [-0.05, 0) is 25.0 Å². The summed E-state index contributed by atoms with van der Waals surface area (Å²) in [5, 5.41) is 3.46. The van der Waals surface area contributed by atoms with Crippen molar-refractivity contribution in [3.8, 4) is 0 Å². The lowest BCUT2D eigenvalue weighted by atomic mass is 10.1. The van der Waals surface area contributed by atoms with Crippen LogP contribution in [-0.4, -0.2) is 25.2 Å². The zero-order valence-corrected chi connectivity index (χ0v) is 11.2. The lowest BCUT2D eigenvalue weighted by Crippen LogP contribution is -2.40. The van der Waals surface area contributed by atoms with E-state index in [-0.39, 0.29) is 27.7 Å². The predicted molar refractivity (Wildman–Crippen MR) is 72.2 cm³/mol. The van der Waals surface area contributed by atoms with Gasteiger partial charge >= 0.3 is 0 Å². The standard InChI is InChI=1S/C12H14Cl2N2O2/c13-9-4-7(5-10(14)11(9)15)12(17)16-8-2-1-3-18-6-8/h4-5,8H,1-3,6,15H2,(H,16,17). The van der Waals surface area contributed by atoms with Crippen molar-refractivity contribution in [3.05, 3.63) is 27.7 Å². The average Bonchev–Trinajstić information content (AvgIpc) is 2.36. The Kier molecular flexibility index (Phi) is 4.32. The SMILES string of the molecule is Nc1c(Cl)cc(C(=O)NC2CCCOC2)cc1Cl. The van der Waals surface area contributed by atoms with Gasteiger partial charge in [0.1, 0.15) is 0 Å². The molecule has 18 heavy (non-hydrogen) atoms. The highest BCUT2D eigenvalue weighted by Crippen LogP contribution is 2.28. The molecule has 1 aliphatic heterocycles. The summed E-state index contributed by atoms with van der Waals surface area (Å²) in [6.45, 7) is 1.30. The van der Waals surface area contributed by atoms with Crippen LogP contribution < -0.4 is 11.1 Å². The summed E-state index contributed by atoms with van der Waals surface area (Å²) in [6.07, 6.45) is 1.87. The largest absolute Gasteiger partial charge is 0.396 e. The van der Waals surface area contributed by atoms with Crippen molar-refractivity contribution in [2.45, 2.75) is 18.9 Å². The Bertz CT molecular complexity index is 436. The van der Waals surface area contributed by atoms with E-state index in [9.17, 15) is 4.79 Å². The molecular formula is C12H14Cl2N2O2. The van der Waals surface area contributed by atoms with Gasteiger partial charge in [0.25, 0.3) is 5.91 Å². The first-order valence-electron chi connectivity index (χ1n) is 5.71. The number of halogens is 2. The summed E-state index contributed by atoms with van der Waals surface area (Å²) in [7, 11) is 0. The van der Waals surface area contributed by atoms with Crippen LogP contribution in [0.15, 0.2) is 12.1 Å². The summed E-state index contributed by atoms with van der Waals surface area (Å²) < 4.78 is 5.30. The van der Waals surface area contributed by atoms with Crippen LogP contribution in [0.25, 0.3) is 0 Å². The van der Waals surface area contributed by atoms with Gasteiger partial charge in [0.15, 0.2) is 0 Å². The molecule has 0 saturated carbocycles. The second-order valence-corrected chi connectivity index (χ2v) is 5.06. The van der Waals surface area contributed by atoms with Gasteiger partial charge in [-0.3, -0.25) is 4.79 Å². The normalized spacial score (nSPS) is 19.6. The van der Waals surface area contributed by atoms with Crippen LogP contribution >= 0.6 is 23.2 Å². The van der Waals surface area contributed by atoms with Gasteiger partial charge in [0.05, 0.1) is 28.4 Å². The molecule has 1 amide bonds. The second kappa shape index (κ2) is 5.78. The van der Waals surface area contributed by atoms with Crippen LogP contribution in [0.2, 0.25) is 10.0 Å². The van der Waals surface area contributed by atoms with Crippen molar-refractivity contribution in [1.29, 1.82) is 0 Å². The molecule has 0 spiro atoms. The van der Waals surface area contributed by atoms with Gasteiger partial charge in [-0.15, -0.1) is 0 Å². The lowest BCUT2D eigenvalue weighted by molar-refractivity contribution is 0.0624. The molecule has 6 heteroatoms. The molecular weight excluding hydrogens is 275 g/mol. The first-order valence-corrected chi connectivity index (χ1v) is 6.46. The zero-order valence-electron chi connectivity index (χ0n) is 9.71. The first kappa shape index (κ1) is 13.5. The molecule has 98 valence electrons. The number of ether oxygens (including phenoxy) is 1. The van der Waals surface area contributed by atoms with Crippen molar-refractivity contribution in [2.24, 2.45) is 0 Å². The van der Waals surface area contributed by atoms with E-state index in [0.29, 0.717) is 12.2 Å². The summed E-state index contributed by atoms with van der Waals surface area (Å²) in [4.78, 5) is 12.0. The number of anilines is 1. The summed E-state index contributed by atoms with van der Waals surface area (Å²) in [6, 6.07) is 3.07. The van der Waals surface area contributed by atoms with Gasteiger partial charge in [-0.25, -0.2) is 0 Å². The van der Waals surface area contributed by atoms with Crippen molar-refractivity contribution < 1.29 is 9.53 Å². The minimum atomic E-state index is -0.214. The van der Waals surface area contributed by atoms with Crippen molar-refractivity contribution in [3.63, 3.8) is 0 Å². The fourth-order valence-electron chi connectivity index (χ4n) is 1.84. The highest BCUT2D eigenvalue weighted by Gasteiger charge is 2.18. The number of carbonyl (C=O) groups excluding carboxylic acids is 1. The Morgan fingerprint density at radius 3 is 2.61 bits per heavy atom. The highest BCUT2D eigenvalue weighted by molar-refractivity contribution is 6.39. The molecule has 1 aromatic rings. The Morgan fingerprint density at radius 2 is 2.06 bits per heavy atom. The smallest absolute Gasteiger partial charge is 0.251 e. The molecule has 1 fully saturated rings. The molecule has 1 aromatic carbocycles. The number of nitrogens with one attached hydrogen (secondary N) is 1. The molecule has 0 bridgehead atoms. The fourth-order valence-corrected chi connectivity index (χ4v) is 2.33. The molecule has 1 heterocycles. The molecule has 1 saturated heterocycles. The third-order valence-corrected chi connectivity index (χ3v) is 3.46. The number of nitrogens with two attached hydrogens (primary N) is 1. The number of rotatable bonds is 2. The van der Waals surface area contributed by atoms with Gasteiger partial charge in [0.2, 0.25) is 0 Å². The van der Waals surface area contributed by atoms with Crippen LogP contribution in [0.3, 0.4) is 0 Å². The third kappa shape index (κ3) is 3.07. The van der Waals surface area contributed by atoms with Gasteiger partial charge in [0, 0.05) is 12.2 Å². The van der Waals surface area contributed by atoms with Crippen molar-refractivity contribution >= 4 is 34.8 Å². The van der Waals surface area contributed by atoms with E-state index in [1.807, 2.05) is 0 Å². The maximum absolute atomic E-state index is 12.0. The zero-order chi connectivity index (χ0) is 13.1. The molecule has 0 radical (unpaired) electrons. The quantitative estimate of drug-likeness (QED) is 0.822. The highest BCUT2D eigenvalue weighted by atomic mass is 35.5. The summed E-state index contributed by atoms with van der Waals surface area (Å²) in [5.41, 5.74) is 6.31. The molecule has 0 aliphatic carbocycles. The molecule has 4 nitrogen and oxygen atoms in total. The number of benzene rings is 1. The maximum Gasteiger partial charge on any atom is 0.251 e. The lowest BCUT2D eigenvalue weighted by Gasteiger charge is -2.23. The third-order valence-electron chi connectivity index (χ3n) is 2.84. The van der Waals surface area contributed by atoms with Gasteiger partial charge in [-0.2, -0.15) is 0 Å². The fraction of sp³-hybridized carbons (Fsp3) is 0.417. The van der Waals surface area contributed by atoms with E-state index in [2.05, 4.69) is 5.32 Å². The minimum absolute atomic E-state index is 0.0429. The number of amides is 1. The van der Waals surface area contributed by atoms with Crippen LogP contribution in [-0.2, 0) is 4.74 Å². The van der Waals surface area contributed by atoms with Crippen LogP contribution in [0.5, 0.6) is 0 Å². The second-order valence-electron chi connectivity index (χ2n) is 4.24. The average molecular weight is 289 g/mol. The van der Waals surface area contributed by atoms with E-state index < -0.39 is 0 Å². The molecule has 1 atom stereocenters. The van der Waals surface area contributed by atoms with Crippen LogP contribution in [0.4, 0.5) is 5.69 Å². The maximum atomic E-state index is 12.0. The van der Waals surface area contributed by atoms with Crippen LogP contribution in [0.1, 0.15) is 23.2 Å². The monoisotopic (exact) mass is 288 g/mol. The number of nitrogen functional groups attached to an aromatic ring is 1. The number of hydrogen-bond acceptors (Lipinski definition) is 3. The summed E-state index contributed by atoms with van der Waals surface area (Å²) >= 11 is 11.8. The number of carbonyl (C=O) groups is 1. The summed E-state index contributed by atoms with van der Waals surface area (Å²) in [5.74, 6) is -0.214. The topological polar surface area (TPSA) is 64.4 Å². The molecule has 2 rings (SSSR count). The van der Waals surface area contributed by atoms with Crippen molar-refractivity contribution in [2.75, 3.05) is 18.9 Å². The molecule has 1 unspecified atom stereocenters. The minimum Gasteiger partial charge on any atom is -0.396 e. The van der Waals surface area contributed by atoms with Gasteiger partial charge < -0.3 is 15.8 Å². The van der Waals surface area contributed by atoms with E-state index >= 15 is 0 Å². The van der Waals surface area contributed by atoms with E-state index in [0.717, 1.165) is 19.4 Å². The predicted octanol–water partition coefficient (Wildman–Crippen LogP) is 2.48. The van der Waals surface area contributed by atoms with Crippen LogP contribution in [0, 0.1) is 0 Å². The van der Waals surface area contributed by atoms with Gasteiger partial charge in [-0.1, -0.05) is 23.2 Å². The Hall–Kier alpha value is -0.970. The number of hydrogen-bond donors (Lipinski definition) is 2. The molecule has 0 aromatic heterocycles. The Labute approximate surface area is 115 Å². The van der Waals surface area contributed by atoms with E-state index in [1.165, 1.54) is 12.1 Å².